The fourth-order valence-electron chi connectivity index (χ4n) is 1.96. The third-order valence-electron chi connectivity index (χ3n) is 3.21. The van der Waals surface area contributed by atoms with Crippen molar-refractivity contribution in [2.75, 3.05) is 6.61 Å². The van der Waals surface area contributed by atoms with Crippen molar-refractivity contribution in [3.63, 3.8) is 0 Å². The summed E-state index contributed by atoms with van der Waals surface area (Å²) < 4.78 is 5.10. The second-order valence-electron chi connectivity index (χ2n) is 5.11. The maximum Gasteiger partial charge on any atom is 0.305 e. The van der Waals surface area contributed by atoms with Crippen molar-refractivity contribution in [3.8, 4) is 0 Å². The molecular weight excluding hydrogens is 240 g/mol. The predicted molar refractivity (Wildman–Crippen MR) is 78.1 cm³/mol. The predicted octanol–water partition coefficient (Wildman–Crippen LogP) is 4.43. The van der Waals surface area contributed by atoms with Crippen LogP contribution in [0.2, 0.25) is 0 Å². The molecular formula is C16H30O3. The molecule has 0 saturated heterocycles. The number of unbranched alkanes of at least 4 members (excludes halogenated alkanes) is 9. The van der Waals surface area contributed by atoms with Crippen LogP contribution in [0.1, 0.15) is 84.0 Å². The van der Waals surface area contributed by atoms with Crippen molar-refractivity contribution in [1.82, 2.24) is 0 Å². The Balaban J connectivity index is 3.09. The van der Waals surface area contributed by atoms with E-state index in [0.717, 1.165) is 38.4 Å². The van der Waals surface area contributed by atoms with Gasteiger partial charge in [-0.1, -0.05) is 51.9 Å². The van der Waals surface area contributed by atoms with E-state index < -0.39 is 0 Å². The Morgan fingerprint density at radius 3 is 2.05 bits per heavy atom. The van der Waals surface area contributed by atoms with Gasteiger partial charge in [0.2, 0.25) is 0 Å². The summed E-state index contributed by atoms with van der Waals surface area (Å²) in [6.07, 6.45) is 13.5. The first-order chi connectivity index (χ1) is 9.31. The minimum absolute atomic E-state index is 0.0395. The number of aldehydes is 1. The van der Waals surface area contributed by atoms with E-state index in [1.165, 1.54) is 32.1 Å². The van der Waals surface area contributed by atoms with Crippen molar-refractivity contribution in [1.29, 1.82) is 0 Å². The monoisotopic (exact) mass is 270 g/mol. The molecule has 0 atom stereocenters. The second kappa shape index (κ2) is 15.2. The standard InChI is InChI=1S/C16H30O3/c1-2-3-15-19-16(18)13-11-9-7-5-4-6-8-10-12-14-17/h14H,2-13,15H2,1H3. The van der Waals surface area contributed by atoms with Crippen LogP contribution in [0.4, 0.5) is 0 Å². The van der Waals surface area contributed by atoms with Crippen LogP contribution in [0.3, 0.4) is 0 Å². The number of rotatable bonds is 14. The van der Waals surface area contributed by atoms with Crippen LogP contribution in [-0.4, -0.2) is 18.9 Å². The largest absolute Gasteiger partial charge is 0.466 e. The van der Waals surface area contributed by atoms with Crippen molar-refractivity contribution in [2.24, 2.45) is 0 Å². The summed E-state index contributed by atoms with van der Waals surface area (Å²) in [6.45, 7) is 2.67. The summed E-state index contributed by atoms with van der Waals surface area (Å²) in [7, 11) is 0. The van der Waals surface area contributed by atoms with E-state index in [1.54, 1.807) is 0 Å². The van der Waals surface area contributed by atoms with Gasteiger partial charge in [0, 0.05) is 12.8 Å². The van der Waals surface area contributed by atoms with Crippen LogP contribution in [0, 0.1) is 0 Å². The van der Waals surface area contributed by atoms with Gasteiger partial charge in [0.1, 0.15) is 6.29 Å². The normalized spacial score (nSPS) is 10.4. The van der Waals surface area contributed by atoms with Gasteiger partial charge in [-0.15, -0.1) is 0 Å². The fraction of sp³-hybridized carbons (Fsp3) is 0.875. The summed E-state index contributed by atoms with van der Waals surface area (Å²) in [5.41, 5.74) is 0. The molecule has 0 bridgehead atoms. The van der Waals surface area contributed by atoms with Crippen LogP contribution in [0.5, 0.6) is 0 Å². The molecule has 0 aromatic heterocycles. The maximum absolute atomic E-state index is 11.3. The Kier molecular flexibility index (Phi) is 14.5. The molecule has 112 valence electrons. The summed E-state index contributed by atoms with van der Waals surface area (Å²) >= 11 is 0. The van der Waals surface area contributed by atoms with E-state index in [0.29, 0.717) is 19.4 Å². The molecule has 0 aromatic rings. The van der Waals surface area contributed by atoms with Crippen molar-refractivity contribution < 1.29 is 14.3 Å². The van der Waals surface area contributed by atoms with Gasteiger partial charge >= 0.3 is 5.97 Å². The molecule has 3 heteroatoms. The maximum atomic E-state index is 11.3. The van der Waals surface area contributed by atoms with Gasteiger partial charge in [0.15, 0.2) is 0 Å². The molecule has 0 aliphatic heterocycles. The van der Waals surface area contributed by atoms with Gasteiger partial charge in [-0.05, 0) is 19.3 Å². The summed E-state index contributed by atoms with van der Waals surface area (Å²) in [5, 5.41) is 0. The van der Waals surface area contributed by atoms with Gasteiger partial charge in [-0.2, -0.15) is 0 Å². The van der Waals surface area contributed by atoms with Crippen LogP contribution in [0.15, 0.2) is 0 Å². The first kappa shape index (κ1) is 18.1. The van der Waals surface area contributed by atoms with E-state index in [9.17, 15) is 9.59 Å². The molecule has 0 saturated carbocycles. The molecule has 0 N–H and O–H groups in total. The smallest absolute Gasteiger partial charge is 0.305 e. The van der Waals surface area contributed by atoms with E-state index in [4.69, 9.17) is 4.74 Å². The molecule has 3 nitrogen and oxygen atoms in total. The third-order valence-corrected chi connectivity index (χ3v) is 3.21. The average molecular weight is 270 g/mol. The highest BCUT2D eigenvalue weighted by Gasteiger charge is 2.01. The highest BCUT2D eigenvalue weighted by molar-refractivity contribution is 5.69. The molecule has 0 radical (unpaired) electrons. The molecule has 0 spiro atoms. The minimum Gasteiger partial charge on any atom is -0.466 e. The Hall–Kier alpha value is -0.860. The van der Waals surface area contributed by atoms with Crippen molar-refractivity contribution >= 4 is 12.3 Å². The van der Waals surface area contributed by atoms with Crippen LogP contribution in [0.25, 0.3) is 0 Å². The zero-order valence-corrected chi connectivity index (χ0v) is 12.5. The Labute approximate surface area is 118 Å². The average Bonchev–Trinajstić information content (AvgIpc) is 2.41. The van der Waals surface area contributed by atoms with Gasteiger partial charge in [-0.25, -0.2) is 0 Å². The lowest BCUT2D eigenvalue weighted by atomic mass is 10.1. The van der Waals surface area contributed by atoms with Crippen molar-refractivity contribution in [3.05, 3.63) is 0 Å². The first-order valence-electron chi connectivity index (χ1n) is 7.90. The Morgan fingerprint density at radius 1 is 0.895 bits per heavy atom. The number of ether oxygens (including phenoxy) is 1. The lowest BCUT2D eigenvalue weighted by Crippen LogP contribution is -2.05. The van der Waals surface area contributed by atoms with Crippen LogP contribution in [-0.2, 0) is 14.3 Å². The van der Waals surface area contributed by atoms with Crippen LogP contribution >= 0.6 is 0 Å². The number of esters is 1. The second-order valence-corrected chi connectivity index (χ2v) is 5.11. The van der Waals surface area contributed by atoms with Crippen LogP contribution < -0.4 is 0 Å². The lowest BCUT2D eigenvalue weighted by molar-refractivity contribution is -0.143. The molecule has 0 aromatic carbocycles. The zero-order valence-electron chi connectivity index (χ0n) is 12.5. The molecule has 0 amide bonds. The van der Waals surface area contributed by atoms with E-state index >= 15 is 0 Å². The number of carbonyl (C=O) groups is 2. The minimum atomic E-state index is -0.0395. The highest BCUT2D eigenvalue weighted by Crippen LogP contribution is 2.10. The topological polar surface area (TPSA) is 43.4 Å². The van der Waals surface area contributed by atoms with E-state index in [2.05, 4.69) is 6.92 Å². The quantitative estimate of drug-likeness (QED) is 0.266. The molecule has 0 aliphatic rings. The third kappa shape index (κ3) is 15.1. The van der Waals surface area contributed by atoms with E-state index in [1.807, 2.05) is 0 Å². The van der Waals surface area contributed by atoms with Gasteiger partial charge in [-0.3, -0.25) is 4.79 Å². The number of hydrogen-bond donors (Lipinski definition) is 0. The molecule has 0 fully saturated rings. The molecule has 0 heterocycles. The SMILES string of the molecule is CCCCOC(=O)CCCCCCCCCCC=O. The zero-order chi connectivity index (χ0) is 14.2. The highest BCUT2D eigenvalue weighted by atomic mass is 16.5. The van der Waals surface area contributed by atoms with Gasteiger partial charge in [0.05, 0.1) is 6.61 Å². The Morgan fingerprint density at radius 2 is 1.47 bits per heavy atom. The molecule has 0 rings (SSSR count). The lowest BCUT2D eigenvalue weighted by Gasteiger charge is -2.04. The first-order valence-corrected chi connectivity index (χ1v) is 7.90. The van der Waals surface area contributed by atoms with Gasteiger partial charge < -0.3 is 9.53 Å². The number of hydrogen-bond acceptors (Lipinski definition) is 3. The summed E-state index contributed by atoms with van der Waals surface area (Å²) in [6, 6.07) is 0. The van der Waals surface area contributed by atoms with Gasteiger partial charge in [0.25, 0.3) is 0 Å². The summed E-state index contributed by atoms with van der Waals surface area (Å²) in [4.78, 5) is 21.4. The van der Waals surface area contributed by atoms with E-state index in [-0.39, 0.29) is 5.97 Å². The molecule has 0 aliphatic carbocycles. The fourth-order valence-corrected chi connectivity index (χ4v) is 1.96. The molecule has 19 heavy (non-hydrogen) atoms. The Bertz CT molecular complexity index is 214. The molecule has 0 unspecified atom stereocenters. The number of carbonyl (C=O) groups excluding carboxylic acids is 2. The summed E-state index contributed by atoms with van der Waals surface area (Å²) in [5.74, 6) is -0.0395. The van der Waals surface area contributed by atoms with Crippen molar-refractivity contribution in [2.45, 2.75) is 84.0 Å².